The largest absolute Gasteiger partial charge is 0.763 e. The Morgan fingerprint density at radius 1 is 1.50 bits per heavy atom. The number of aldehydes is 1. The van der Waals surface area contributed by atoms with Crippen molar-refractivity contribution < 1.29 is 9.18 Å². The smallest absolute Gasteiger partial charge is 0.156 e. The highest BCUT2D eigenvalue weighted by atomic mass is 19.1. The monoisotopic (exact) mass is 162 g/mol. The highest BCUT2D eigenvalue weighted by Crippen LogP contribution is 2.12. The van der Waals surface area contributed by atoms with Crippen LogP contribution in [0.4, 0.5) is 4.39 Å². The maximum absolute atomic E-state index is 12.9. The van der Waals surface area contributed by atoms with E-state index in [1.807, 2.05) is 0 Å². The Morgan fingerprint density at radius 3 is 2.67 bits per heavy atom. The molecule has 60 valence electrons. The Morgan fingerprint density at radius 2 is 2.17 bits per heavy atom. The quantitative estimate of drug-likeness (QED) is 0.370. The summed E-state index contributed by atoms with van der Waals surface area (Å²) in [5, 5.41) is 8.42. The first kappa shape index (κ1) is 8.37. The van der Waals surface area contributed by atoms with Gasteiger partial charge in [0.2, 0.25) is 0 Å². The van der Waals surface area contributed by atoms with Gasteiger partial charge in [0.15, 0.2) is 6.29 Å². The summed E-state index contributed by atoms with van der Waals surface area (Å²) >= 11 is 0. The molecule has 0 aromatic heterocycles. The molecular formula is C9H5FNO-. The predicted molar refractivity (Wildman–Crippen MR) is 44.2 cm³/mol. The Bertz CT molecular complexity index is 353. The molecule has 0 N–H and O–H groups in total. The number of carbonyl (C=O) groups is 1. The van der Waals surface area contributed by atoms with Crippen LogP contribution in [0.2, 0.25) is 0 Å². The third kappa shape index (κ3) is 1.47. The summed E-state index contributed by atoms with van der Waals surface area (Å²) in [5.74, 6) is 1.06. The summed E-state index contributed by atoms with van der Waals surface area (Å²) in [6.45, 7) is 0. The number of rotatable bonds is 2. The molecule has 0 saturated carbocycles. The first-order chi connectivity index (χ1) is 5.79. The van der Waals surface area contributed by atoms with E-state index in [0.717, 1.165) is 0 Å². The Kier molecular flexibility index (Phi) is 2.51. The molecule has 0 aliphatic heterocycles. The third-order valence-corrected chi connectivity index (χ3v) is 1.40. The van der Waals surface area contributed by atoms with Gasteiger partial charge in [-0.25, -0.2) is 4.39 Å². The van der Waals surface area contributed by atoms with Crippen molar-refractivity contribution in [1.29, 1.82) is 0 Å². The highest BCUT2D eigenvalue weighted by Gasteiger charge is 2.02. The molecule has 1 aromatic carbocycles. The van der Waals surface area contributed by atoms with E-state index in [1.165, 1.54) is 18.2 Å². The first-order valence-corrected chi connectivity index (χ1v) is 3.26. The summed E-state index contributed by atoms with van der Waals surface area (Å²) < 4.78 is 12.9. The van der Waals surface area contributed by atoms with E-state index in [9.17, 15) is 9.18 Å². The van der Waals surface area contributed by atoms with Crippen molar-refractivity contribution in [3.63, 3.8) is 0 Å². The van der Waals surface area contributed by atoms with Crippen molar-refractivity contribution in [2.24, 2.45) is 0 Å². The zero-order chi connectivity index (χ0) is 8.97. The predicted octanol–water partition coefficient (Wildman–Crippen LogP) is 1.65. The van der Waals surface area contributed by atoms with Gasteiger partial charge in [-0.2, -0.15) is 0 Å². The molecular weight excluding hydrogens is 157 g/mol. The molecule has 12 heavy (non-hydrogen) atoms. The summed E-state index contributed by atoms with van der Waals surface area (Å²) in [5.41, 5.74) is -0.136. The van der Waals surface area contributed by atoms with Crippen LogP contribution in [0.5, 0.6) is 0 Å². The van der Waals surface area contributed by atoms with Crippen LogP contribution in [-0.4, -0.2) is 12.2 Å². The molecule has 0 unspecified atom stereocenters. The number of carbonyl (C=O) groups excluding carboxylic acids is 1. The van der Waals surface area contributed by atoms with Crippen molar-refractivity contribution in [3.05, 3.63) is 41.1 Å². The number of hydrogen-bond acceptors (Lipinski definition) is 1. The van der Waals surface area contributed by atoms with Crippen LogP contribution < -0.4 is 0 Å². The molecule has 0 aliphatic carbocycles. The van der Waals surface area contributed by atoms with E-state index in [0.29, 0.717) is 6.29 Å². The number of allylic oxidation sites excluding steroid dienone is 1. The molecule has 0 amide bonds. The first-order valence-electron chi connectivity index (χ1n) is 3.26. The lowest BCUT2D eigenvalue weighted by Gasteiger charge is -1.99. The van der Waals surface area contributed by atoms with Crippen molar-refractivity contribution in [2.75, 3.05) is 0 Å². The van der Waals surface area contributed by atoms with Gasteiger partial charge >= 0.3 is 0 Å². The van der Waals surface area contributed by atoms with E-state index in [-0.39, 0.29) is 11.1 Å². The van der Waals surface area contributed by atoms with Crippen molar-refractivity contribution in [1.82, 2.24) is 0 Å². The Hall–Kier alpha value is -1.73. The van der Waals surface area contributed by atoms with Crippen molar-refractivity contribution in [3.8, 4) is 0 Å². The van der Waals surface area contributed by atoms with E-state index in [4.69, 9.17) is 5.41 Å². The summed E-state index contributed by atoms with van der Waals surface area (Å²) in [4.78, 5) is 10.3. The molecule has 3 heteroatoms. The molecule has 0 bridgehead atoms. The Balaban J connectivity index is 3.27. The minimum Gasteiger partial charge on any atom is -0.763 e. The maximum Gasteiger partial charge on any atom is 0.156 e. The molecule has 0 radical (unpaired) electrons. The van der Waals surface area contributed by atoms with Gasteiger partial charge in [0.05, 0.1) is 0 Å². The van der Waals surface area contributed by atoms with Crippen LogP contribution >= 0.6 is 0 Å². The maximum atomic E-state index is 12.9. The topological polar surface area (TPSA) is 39.4 Å². The molecule has 1 aromatic rings. The van der Waals surface area contributed by atoms with Gasteiger partial charge in [-0.05, 0) is 6.07 Å². The molecule has 0 fully saturated rings. The molecule has 0 spiro atoms. The van der Waals surface area contributed by atoms with E-state index < -0.39 is 5.82 Å². The Labute approximate surface area is 68.8 Å². The number of benzene rings is 1. The number of hydrogen-bond donors (Lipinski definition) is 0. The fraction of sp³-hybridized carbons (Fsp3) is 0. The van der Waals surface area contributed by atoms with Gasteiger partial charge in [0, 0.05) is 11.1 Å². The standard InChI is InChI=1S/C9H5FNO/c10-9-4-2-1-3-8(9)7(5-11)6-12/h1-4,6H/q-1. The van der Waals surface area contributed by atoms with E-state index in [1.54, 1.807) is 11.9 Å². The second-order valence-corrected chi connectivity index (χ2v) is 2.12. The normalized spacial score (nSPS) is 8.75. The lowest BCUT2D eigenvalue weighted by Crippen LogP contribution is -1.90. The molecule has 2 nitrogen and oxygen atoms in total. The van der Waals surface area contributed by atoms with Crippen LogP contribution in [0.1, 0.15) is 5.56 Å². The fourth-order valence-electron chi connectivity index (χ4n) is 0.830. The van der Waals surface area contributed by atoms with E-state index in [2.05, 4.69) is 0 Å². The van der Waals surface area contributed by atoms with Gasteiger partial charge in [-0.15, -0.1) is 0 Å². The lowest BCUT2D eigenvalue weighted by molar-refractivity contribution is -0.103. The molecule has 0 atom stereocenters. The zero-order valence-electron chi connectivity index (χ0n) is 6.12. The van der Waals surface area contributed by atoms with Gasteiger partial charge in [0.25, 0.3) is 0 Å². The molecule has 0 heterocycles. The highest BCUT2D eigenvalue weighted by molar-refractivity contribution is 6.19. The van der Waals surface area contributed by atoms with Gasteiger partial charge in [-0.3, -0.25) is 10.7 Å². The fourth-order valence-corrected chi connectivity index (χ4v) is 0.830. The lowest BCUT2D eigenvalue weighted by atomic mass is 10.1. The molecule has 1 rings (SSSR count). The summed E-state index contributed by atoms with van der Waals surface area (Å²) in [6.07, 6.45) is 0.346. The van der Waals surface area contributed by atoms with Gasteiger partial charge in [-0.1, -0.05) is 18.2 Å². The average Bonchev–Trinajstić information content (AvgIpc) is 2.10. The molecule has 0 aliphatic rings. The second kappa shape index (κ2) is 3.60. The summed E-state index contributed by atoms with van der Waals surface area (Å²) in [7, 11) is 0. The third-order valence-electron chi connectivity index (χ3n) is 1.40. The van der Waals surface area contributed by atoms with Crippen molar-refractivity contribution in [2.45, 2.75) is 0 Å². The van der Waals surface area contributed by atoms with Crippen LogP contribution in [0.25, 0.3) is 11.0 Å². The minimum absolute atomic E-state index is 0.0509. The van der Waals surface area contributed by atoms with Crippen LogP contribution in [0.15, 0.2) is 24.3 Å². The van der Waals surface area contributed by atoms with Crippen LogP contribution in [0, 0.1) is 5.82 Å². The average molecular weight is 162 g/mol. The van der Waals surface area contributed by atoms with Crippen LogP contribution in [0.3, 0.4) is 0 Å². The number of nitrogens with zero attached hydrogens (tertiary/aromatic N) is 1. The van der Waals surface area contributed by atoms with Gasteiger partial charge in [0.1, 0.15) is 5.82 Å². The van der Waals surface area contributed by atoms with Gasteiger partial charge < -0.3 is 5.41 Å². The zero-order valence-corrected chi connectivity index (χ0v) is 6.12. The SMILES string of the molecule is [N-]=C=C(C=O)c1ccccc1F. The number of halogens is 1. The minimum atomic E-state index is -0.554. The summed E-state index contributed by atoms with van der Waals surface area (Å²) in [6, 6.07) is 5.66. The molecule has 0 saturated heterocycles. The van der Waals surface area contributed by atoms with Crippen LogP contribution in [-0.2, 0) is 4.79 Å². The van der Waals surface area contributed by atoms with E-state index >= 15 is 0 Å². The van der Waals surface area contributed by atoms with Crippen molar-refractivity contribution >= 4 is 17.7 Å². The second-order valence-electron chi connectivity index (χ2n) is 2.12.